The first-order valence-electron chi connectivity index (χ1n) is 5.49. The molecule has 1 aliphatic rings. The van der Waals surface area contributed by atoms with Gasteiger partial charge in [-0.25, -0.2) is 4.79 Å². The molecule has 1 fully saturated rings. The standard InChI is InChI=1S/C11H14N2O5/c1-16-10(14)3-7-2-8(4-12-7)17-6-9-5-13-11(15)18-9/h2,4,9,12H,3,5-6H2,1H3,(H,13,15). The van der Waals surface area contributed by atoms with Crippen molar-refractivity contribution in [2.45, 2.75) is 12.5 Å². The fraction of sp³-hybridized carbons (Fsp3) is 0.455. The van der Waals surface area contributed by atoms with Gasteiger partial charge in [-0.2, -0.15) is 0 Å². The molecule has 1 aromatic rings. The summed E-state index contributed by atoms with van der Waals surface area (Å²) in [4.78, 5) is 24.7. The number of ether oxygens (including phenoxy) is 3. The highest BCUT2D eigenvalue weighted by atomic mass is 16.6. The second kappa shape index (κ2) is 5.44. The fourth-order valence-electron chi connectivity index (χ4n) is 1.55. The van der Waals surface area contributed by atoms with Crippen LogP contribution in [0.5, 0.6) is 5.75 Å². The van der Waals surface area contributed by atoms with Crippen molar-refractivity contribution >= 4 is 12.1 Å². The summed E-state index contributed by atoms with van der Waals surface area (Å²) < 4.78 is 14.9. The maximum absolute atomic E-state index is 11.0. The summed E-state index contributed by atoms with van der Waals surface area (Å²) >= 11 is 0. The zero-order chi connectivity index (χ0) is 13.0. The first kappa shape index (κ1) is 12.3. The summed E-state index contributed by atoms with van der Waals surface area (Å²) in [5.74, 6) is 0.272. The number of cyclic esters (lactones) is 1. The maximum Gasteiger partial charge on any atom is 0.407 e. The van der Waals surface area contributed by atoms with Gasteiger partial charge in [0.1, 0.15) is 12.4 Å². The number of amides is 1. The first-order chi connectivity index (χ1) is 8.67. The summed E-state index contributed by atoms with van der Waals surface area (Å²) in [6, 6.07) is 1.71. The largest absolute Gasteiger partial charge is 0.488 e. The van der Waals surface area contributed by atoms with Crippen molar-refractivity contribution in [1.29, 1.82) is 0 Å². The highest BCUT2D eigenvalue weighted by Gasteiger charge is 2.23. The summed E-state index contributed by atoms with van der Waals surface area (Å²) in [6.45, 7) is 0.715. The number of nitrogens with one attached hydrogen (secondary N) is 2. The van der Waals surface area contributed by atoms with Crippen molar-refractivity contribution in [3.63, 3.8) is 0 Å². The van der Waals surface area contributed by atoms with Crippen LogP contribution < -0.4 is 10.1 Å². The third-order valence-electron chi connectivity index (χ3n) is 2.46. The molecule has 1 saturated heterocycles. The first-order valence-corrected chi connectivity index (χ1v) is 5.49. The Bertz CT molecular complexity index is 442. The Kier molecular flexibility index (Phi) is 3.71. The highest BCUT2D eigenvalue weighted by molar-refractivity contribution is 5.72. The van der Waals surface area contributed by atoms with Crippen LogP contribution >= 0.6 is 0 Å². The monoisotopic (exact) mass is 254 g/mol. The Morgan fingerprint density at radius 1 is 1.61 bits per heavy atom. The normalized spacial score (nSPS) is 18.1. The quantitative estimate of drug-likeness (QED) is 0.733. The number of carbonyl (C=O) groups is 2. The molecule has 2 N–H and O–H groups in total. The maximum atomic E-state index is 11.0. The lowest BCUT2D eigenvalue weighted by molar-refractivity contribution is -0.139. The van der Waals surface area contributed by atoms with Crippen molar-refractivity contribution in [2.75, 3.05) is 20.3 Å². The lowest BCUT2D eigenvalue weighted by Gasteiger charge is -2.07. The number of esters is 1. The molecule has 2 heterocycles. The number of methoxy groups -OCH3 is 1. The van der Waals surface area contributed by atoms with Gasteiger partial charge in [-0.05, 0) is 0 Å². The van der Waals surface area contributed by atoms with Crippen LogP contribution in [0.2, 0.25) is 0 Å². The number of H-pyrrole nitrogens is 1. The van der Waals surface area contributed by atoms with Crippen LogP contribution in [0.3, 0.4) is 0 Å². The lowest BCUT2D eigenvalue weighted by Crippen LogP contribution is -2.21. The molecule has 0 aliphatic carbocycles. The molecule has 0 aromatic carbocycles. The molecule has 1 aromatic heterocycles. The molecule has 98 valence electrons. The van der Waals surface area contributed by atoms with E-state index in [9.17, 15) is 9.59 Å². The predicted molar refractivity (Wildman–Crippen MR) is 60.3 cm³/mol. The van der Waals surface area contributed by atoms with Crippen LogP contribution in [0.25, 0.3) is 0 Å². The van der Waals surface area contributed by atoms with Gasteiger partial charge in [-0.1, -0.05) is 0 Å². The van der Waals surface area contributed by atoms with Crippen LogP contribution in [0.1, 0.15) is 5.69 Å². The Morgan fingerprint density at radius 2 is 2.44 bits per heavy atom. The van der Waals surface area contributed by atoms with Gasteiger partial charge in [0, 0.05) is 18.0 Å². The van der Waals surface area contributed by atoms with E-state index in [1.165, 1.54) is 7.11 Å². The second-order valence-electron chi connectivity index (χ2n) is 3.83. The zero-order valence-electron chi connectivity index (χ0n) is 9.89. The van der Waals surface area contributed by atoms with E-state index in [2.05, 4.69) is 15.0 Å². The number of aromatic nitrogens is 1. The number of alkyl carbamates (subject to hydrolysis) is 1. The minimum Gasteiger partial charge on any atom is -0.488 e. The van der Waals surface area contributed by atoms with E-state index in [0.29, 0.717) is 18.0 Å². The van der Waals surface area contributed by atoms with Gasteiger partial charge >= 0.3 is 12.1 Å². The average molecular weight is 254 g/mol. The Hall–Kier alpha value is -2.18. The Balaban J connectivity index is 1.79. The summed E-state index contributed by atoms with van der Waals surface area (Å²) in [5.41, 5.74) is 0.707. The zero-order valence-corrected chi connectivity index (χ0v) is 9.89. The van der Waals surface area contributed by atoms with Gasteiger partial charge in [0.2, 0.25) is 0 Å². The summed E-state index contributed by atoms with van der Waals surface area (Å²) in [5, 5.41) is 2.53. The molecule has 1 aliphatic heterocycles. The third-order valence-corrected chi connectivity index (χ3v) is 2.46. The van der Waals surface area contributed by atoms with E-state index in [-0.39, 0.29) is 25.1 Å². The highest BCUT2D eigenvalue weighted by Crippen LogP contribution is 2.14. The van der Waals surface area contributed by atoms with Gasteiger partial charge in [-0.3, -0.25) is 4.79 Å². The Morgan fingerprint density at radius 3 is 3.11 bits per heavy atom. The Labute approximate surface area is 103 Å². The average Bonchev–Trinajstić information content (AvgIpc) is 2.96. The smallest absolute Gasteiger partial charge is 0.407 e. The van der Waals surface area contributed by atoms with E-state index in [0.717, 1.165) is 0 Å². The molecular weight excluding hydrogens is 240 g/mol. The van der Waals surface area contributed by atoms with Gasteiger partial charge < -0.3 is 24.5 Å². The summed E-state index contributed by atoms with van der Waals surface area (Å²) in [6.07, 6.45) is 1.10. The number of aromatic amines is 1. The topological polar surface area (TPSA) is 89.7 Å². The second-order valence-corrected chi connectivity index (χ2v) is 3.83. The molecule has 18 heavy (non-hydrogen) atoms. The molecule has 0 saturated carbocycles. The van der Waals surface area contributed by atoms with E-state index in [1.54, 1.807) is 12.3 Å². The van der Waals surface area contributed by atoms with Crippen molar-refractivity contribution in [2.24, 2.45) is 0 Å². The summed E-state index contributed by atoms with van der Waals surface area (Å²) in [7, 11) is 1.34. The van der Waals surface area contributed by atoms with Crippen molar-refractivity contribution in [3.05, 3.63) is 18.0 Å². The van der Waals surface area contributed by atoms with Gasteiger partial charge in [0.15, 0.2) is 6.10 Å². The minimum atomic E-state index is -0.427. The number of hydrogen-bond donors (Lipinski definition) is 2. The molecule has 7 nitrogen and oxygen atoms in total. The van der Waals surface area contributed by atoms with Crippen molar-refractivity contribution in [1.82, 2.24) is 10.3 Å². The van der Waals surface area contributed by atoms with E-state index < -0.39 is 6.09 Å². The van der Waals surface area contributed by atoms with E-state index in [4.69, 9.17) is 9.47 Å². The number of rotatable bonds is 5. The third kappa shape index (κ3) is 3.16. The molecule has 2 rings (SSSR count). The fourth-order valence-corrected chi connectivity index (χ4v) is 1.55. The predicted octanol–water partition coefficient (Wildman–Crippen LogP) is 0.217. The van der Waals surface area contributed by atoms with Gasteiger partial charge in [0.25, 0.3) is 0 Å². The SMILES string of the molecule is COC(=O)Cc1cc(OCC2CNC(=O)O2)c[nH]1. The molecule has 0 bridgehead atoms. The molecule has 7 heteroatoms. The molecule has 1 atom stereocenters. The van der Waals surface area contributed by atoms with Crippen LogP contribution in [0, 0.1) is 0 Å². The van der Waals surface area contributed by atoms with Crippen LogP contribution in [0.15, 0.2) is 12.3 Å². The van der Waals surface area contributed by atoms with Crippen molar-refractivity contribution in [3.8, 4) is 5.75 Å². The van der Waals surface area contributed by atoms with Crippen LogP contribution in [0.4, 0.5) is 4.79 Å². The molecule has 1 unspecified atom stereocenters. The molecule has 0 spiro atoms. The van der Waals surface area contributed by atoms with Gasteiger partial charge in [0.05, 0.1) is 20.1 Å². The van der Waals surface area contributed by atoms with E-state index in [1.807, 2.05) is 0 Å². The minimum absolute atomic E-state index is 0.166. The lowest BCUT2D eigenvalue weighted by atomic mass is 10.3. The number of hydrogen-bond acceptors (Lipinski definition) is 5. The number of carbonyl (C=O) groups excluding carboxylic acids is 2. The van der Waals surface area contributed by atoms with Crippen LogP contribution in [-0.2, 0) is 20.7 Å². The van der Waals surface area contributed by atoms with Crippen LogP contribution in [-0.4, -0.2) is 43.4 Å². The molecule has 1 amide bonds. The molecule has 0 radical (unpaired) electrons. The molecular formula is C11H14N2O5. The van der Waals surface area contributed by atoms with E-state index >= 15 is 0 Å². The van der Waals surface area contributed by atoms with Crippen molar-refractivity contribution < 1.29 is 23.8 Å². The van der Waals surface area contributed by atoms with Gasteiger partial charge in [-0.15, -0.1) is 0 Å².